The summed E-state index contributed by atoms with van der Waals surface area (Å²) in [5, 5.41) is 0. The Hall–Kier alpha value is -1.10. The van der Waals surface area contributed by atoms with Crippen LogP contribution in [0.5, 0.6) is 0 Å². The molecule has 2 rings (SSSR count). The average molecular weight is 264 g/mol. The first-order valence-corrected chi connectivity index (χ1v) is 6.93. The third kappa shape index (κ3) is 2.83. The van der Waals surface area contributed by atoms with Gasteiger partial charge in [-0.1, -0.05) is 0 Å². The van der Waals surface area contributed by atoms with Gasteiger partial charge >= 0.3 is 0 Å². The highest BCUT2D eigenvalue weighted by molar-refractivity contribution is 7.12. The van der Waals surface area contributed by atoms with Gasteiger partial charge < -0.3 is 10.2 Å². The Labute approximate surface area is 112 Å². The van der Waals surface area contributed by atoms with Gasteiger partial charge in [0.2, 0.25) is 0 Å². The van der Waals surface area contributed by atoms with E-state index in [1.165, 1.54) is 15.3 Å². The zero-order chi connectivity index (χ0) is 13.1. The van der Waals surface area contributed by atoms with Crippen LogP contribution in [0.1, 0.15) is 27.1 Å². The molecular weight excluding hydrogens is 244 g/mol. The number of hydrogen-bond donors (Lipinski definition) is 1. The zero-order valence-corrected chi connectivity index (χ0v) is 12.0. The van der Waals surface area contributed by atoms with Crippen molar-refractivity contribution in [3.05, 3.63) is 45.5 Å². The number of aryl methyl sites for hydroxylation is 2. The van der Waals surface area contributed by atoms with E-state index < -0.39 is 0 Å². The average Bonchev–Trinajstić information content (AvgIpc) is 2.91. The number of thiophene rings is 1. The summed E-state index contributed by atoms with van der Waals surface area (Å²) in [5.41, 5.74) is 7.15. The predicted molar refractivity (Wildman–Crippen MR) is 75.8 cm³/mol. The number of nitrogens with zero attached hydrogens (tertiary/aromatic N) is 1. The highest BCUT2D eigenvalue weighted by Crippen LogP contribution is 2.27. The Bertz CT molecular complexity index is 503. The molecule has 3 nitrogen and oxygen atoms in total. The predicted octanol–water partition coefficient (Wildman–Crippen LogP) is 3.09. The van der Waals surface area contributed by atoms with Gasteiger partial charge in [-0.25, -0.2) is 0 Å². The van der Waals surface area contributed by atoms with Crippen molar-refractivity contribution in [3.63, 3.8) is 0 Å². The molecule has 0 aromatic carbocycles. The van der Waals surface area contributed by atoms with Crippen LogP contribution in [-0.2, 0) is 6.54 Å². The van der Waals surface area contributed by atoms with E-state index in [-0.39, 0.29) is 6.04 Å². The van der Waals surface area contributed by atoms with Crippen LogP contribution in [0.4, 0.5) is 0 Å². The molecule has 0 spiro atoms. The molecule has 0 saturated heterocycles. The van der Waals surface area contributed by atoms with Crippen molar-refractivity contribution < 1.29 is 4.42 Å². The third-order valence-corrected chi connectivity index (χ3v) is 4.33. The molecule has 0 radical (unpaired) electrons. The molecule has 4 heteroatoms. The standard InChI is InChI=1S/C14H20N2OS/c1-10-4-5-14(18-10)13(8-15)16(3)9-12-6-7-17-11(12)2/h4-7,13H,8-9,15H2,1-3H3. The number of likely N-dealkylation sites (N-methyl/N-ethyl adjacent to an activating group) is 1. The van der Waals surface area contributed by atoms with Gasteiger partial charge in [0.1, 0.15) is 5.76 Å². The van der Waals surface area contributed by atoms with Gasteiger partial charge in [0.15, 0.2) is 0 Å². The second-order valence-electron chi connectivity index (χ2n) is 4.62. The second kappa shape index (κ2) is 5.69. The number of hydrogen-bond acceptors (Lipinski definition) is 4. The van der Waals surface area contributed by atoms with E-state index >= 15 is 0 Å². The monoisotopic (exact) mass is 264 g/mol. The molecule has 1 unspecified atom stereocenters. The molecular formula is C14H20N2OS. The third-order valence-electron chi connectivity index (χ3n) is 3.23. The molecule has 0 aliphatic rings. The molecule has 0 saturated carbocycles. The fraction of sp³-hybridized carbons (Fsp3) is 0.429. The van der Waals surface area contributed by atoms with Crippen molar-refractivity contribution in [2.75, 3.05) is 13.6 Å². The summed E-state index contributed by atoms with van der Waals surface area (Å²) in [6, 6.07) is 6.63. The maximum atomic E-state index is 5.92. The van der Waals surface area contributed by atoms with Gasteiger partial charge in [-0.2, -0.15) is 0 Å². The van der Waals surface area contributed by atoms with E-state index in [1.807, 2.05) is 24.3 Å². The van der Waals surface area contributed by atoms with E-state index in [2.05, 4.69) is 31.0 Å². The minimum absolute atomic E-state index is 0.276. The van der Waals surface area contributed by atoms with Gasteiger partial charge in [-0.15, -0.1) is 11.3 Å². The first-order chi connectivity index (χ1) is 8.61. The van der Waals surface area contributed by atoms with Gasteiger partial charge in [-0.3, -0.25) is 4.90 Å². The van der Waals surface area contributed by atoms with Crippen LogP contribution in [0.15, 0.2) is 28.9 Å². The lowest BCUT2D eigenvalue weighted by Gasteiger charge is -2.25. The van der Waals surface area contributed by atoms with Gasteiger partial charge in [0, 0.05) is 28.4 Å². The summed E-state index contributed by atoms with van der Waals surface area (Å²) in [7, 11) is 2.11. The highest BCUT2D eigenvalue weighted by Gasteiger charge is 2.18. The van der Waals surface area contributed by atoms with Crippen molar-refractivity contribution in [3.8, 4) is 0 Å². The topological polar surface area (TPSA) is 42.4 Å². The normalized spacial score (nSPS) is 13.2. The molecule has 2 N–H and O–H groups in total. The van der Waals surface area contributed by atoms with Crippen molar-refractivity contribution >= 4 is 11.3 Å². The molecule has 0 fully saturated rings. The van der Waals surface area contributed by atoms with E-state index in [9.17, 15) is 0 Å². The summed E-state index contributed by atoms with van der Waals surface area (Å²) >= 11 is 1.82. The van der Waals surface area contributed by atoms with Crippen LogP contribution in [0.25, 0.3) is 0 Å². The molecule has 0 aliphatic heterocycles. The van der Waals surface area contributed by atoms with Crippen LogP contribution in [0.3, 0.4) is 0 Å². The Morgan fingerprint density at radius 3 is 2.61 bits per heavy atom. The largest absolute Gasteiger partial charge is 0.469 e. The van der Waals surface area contributed by atoms with E-state index in [1.54, 1.807) is 6.26 Å². The van der Waals surface area contributed by atoms with E-state index in [0.29, 0.717) is 6.54 Å². The Morgan fingerprint density at radius 1 is 1.33 bits per heavy atom. The Balaban J connectivity index is 2.11. The Kier molecular flexibility index (Phi) is 4.22. The number of furan rings is 1. The molecule has 2 aromatic rings. The van der Waals surface area contributed by atoms with Gasteiger partial charge in [-0.05, 0) is 39.1 Å². The summed E-state index contributed by atoms with van der Waals surface area (Å²) in [6.45, 7) is 5.62. The lowest BCUT2D eigenvalue weighted by molar-refractivity contribution is 0.243. The lowest BCUT2D eigenvalue weighted by Crippen LogP contribution is -2.29. The molecule has 0 amide bonds. The summed E-state index contributed by atoms with van der Waals surface area (Å²) in [5.74, 6) is 0.986. The second-order valence-corrected chi connectivity index (χ2v) is 5.94. The lowest BCUT2D eigenvalue weighted by atomic mass is 10.1. The quantitative estimate of drug-likeness (QED) is 0.902. The first-order valence-electron chi connectivity index (χ1n) is 6.11. The number of rotatable bonds is 5. The smallest absolute Gasteiger partial charge is 0.105 e. The minimum Gasteiger partial charge on any atom is -0.469 e. The van der Waals surface area contributed by atoms with Crippen molar-refractivity contribution in [1.82, 2.24) is 4.90 Å². The summed E-state index contributed by atoms with van der Waals surface area (Å²) in [6.07, 6.45) is 1.74. The van der Waals surface area contributed by atoms with Crippen molar-refractivity contribution in [2.45, 2.75) is 26.4 Å². The van der Waals surface area contributed by atoms with Crippen LogP contribution in [0.2, 0.25) is 0 Å². The molecule has 18 heavy (non-hydrogen) atoms. The molecule has 0 bridgehead atoms. The van der Waals surface area contributed by atoms with Crippen LogP contribution >= 0.6 is 11.3 Å². The minimum atomic E-state index is 0.276. The van der Waals surface area contributed by atoms with Gasteiger partial charge in [0.05, 0.1) is 12.3 Å². The highest BCUT2D eigenvalue weighted by atomic mass is 32.1. The molecule has 2 aromatic heterocycles. The van der Waals surface area contributed by atoms with Crippen molar-refractivity contribution in [2.24, 2.45) is 5.73 Å². The maximum Gasteiger partial charge on any atom is 0.105 e. The Morgan fingerprint density at radius 2 is 2.11 bits per heavy atom. The zero-order valence-electron chi connectivity index (χ0n) is 11.1. The SMILES string of the molecule is Cc1ccc(C(CN)N(C)Cc2ccoc2C)s1. The summed E-state index contributed by atoms with van der Waals surface area (Å²) in [4.78, 5) is 4.94. The van der Waals surface area contributed by atoms with E-state index in [4.69, 9.17) is 10.2 Å². The number of nitrogens with two attached hydrogens (primary N) is 1. The van der Waals surface area contributed by atoms with Gasteiger partial charge in [0.25, 0.3) is 0 Å². The summed E-state index contributed by atoms with van der Waals surface area (Å²) < 4.78 is 5.33. The molecule has 1 atom stereocenters. The van der Waals surface area contributed by atoms with E-state index in [0.717, 1.165) is 12.3 Å². The molecule has 0 aliphatic carbocycles. The maximum absolute atomic E-state index is 5.92. The molecule has 98 valence electrons. The van der Waals surface area contributed by atoms with Crippen LogP contribution in [-0.4, -0.2) is 18.5 Å². The van der Waals surface area contributed by atoms with Crippen LogP contribution in [0, 0.1) is 13.8 Å². The van der Waals surface area contributed by atoms with Crippen molar-refractivity contribution in [1.29, 1.82) is 0 Å². The molecule has 2 heterocycles. The fourth-order valence-corrected chi connectivity index (χ4v) is 3.16. The first kappa shape index (κ1) is 13.3. The van der Waals surface area contributed by atoms with Crippen LogP contribution < -0.4 is 5.73 Å². The fourth-order valence-electron chi connectivity index (χ4n) is 2.10.